The fourth-order valence-corrected chi connectivity index (χ4v) is 1.27. The van der Waals surface area contributed by atoms with Gasteiger partial charge in [-0.15, -0.1) is 0 Å². The second-order valence-corrected chi connectivity index (χ2v) is 3.20. The third kappa shape index (κ3) is 3.87. The Labute approximate surface area is 93.0 Å². The molecule has 1 rings (SSSR count). The third-order valence-corrected chi connectivity index (χ3v) is 2.02. The molecule has 6 nitrogen and oxygen atoms in total. The standard InChI is InChI=1S/C10H14N4O2/c11-9(15)13-5-7-3-1-2-4-8(7)6-14-10(12)16/h1-4H,5-6H2,(H3,11,13,15)(H3,12,14,16). The number of rotatable bonds is 4. The number of nitrogens with two attached hydrogens (primary N) is 2. The first-order valence-corrected chi connectivity index (χ1v) is 4.73. The van der Waals surface area contributed by atoms with E-state index in [0.717, 1.165) is 11.1 Å². The van der Waals surface area contributed by atoms with Crippen LogP contribution in [-0.4, -0.2) is 12.1 Å². The lowest BCUT2D eigenvalue weighted by Gasteiger charge is -2.09. The Hall–Kier alpha value is -2.24. The summed E-state index contributed by atoms with van der Waals surface area (Å²) in [5.41, 5.74) is 11.7. The molecule has 6 N–H and O–H groups in total. The number of hydrogen-bond donors (Lipinski definition) is 4. The van der Waals surface area contributed by atoms with E-state index in [1.807, 2.05) is 24.3 Å². The van der Waals surface area contributed by atoms with Crippen molar-refractivity contribution in [1.29, 1.82) is 0 Å². The Bertz CT molecular complexity index is 355. The number of urea groups is 2. The lowest BCUT2D eigenvalue weighted by molar-refractivity contribution is 0.247. The third-order valence-electron chi connectivity index (χ3n) is 2.02. The number of carbonyl (C=O) groups is 2. The molecule has 1 aromatic carbocycles. The summed E-state index contributed by atoms with van der Waals surface area (Å²) in [5.74, 6) is 0. The van der Waals surface area contributed by atoms with Crippen molar-refractivity contribution in [3.63, 3.8) is 0 Å². The van der Waals surface area contributed by atoms with Crippen LogP contribution in [0.3, 0.4) is 0 Å². The number of nitrogens with one attached hydrogen (secondary N) is 2. The Morgan fingerprint density at radius 2 is 1.31 bits per heavy atom. The molecule has 0 heterocycles. The highest BCUT2D eigenvalue weighted by Gasteiger charge is 2.03. The van der Waals surface area contributed by atoms with Gasteiger partial charge in [-0.2, -0.15) is 0 Å². The second kappa shape index (κ2) is 5.59. The van der Waals surface area contributed by atoms with Crippen LogP contribution in [0.1, 0.15) is 11.1 Å². The van der Waals surface area contributed by atoms with E-state index in [1.54, 1.807) is 0 Å². The van der Waals surface area contributed by atoms with Gasteiger partial charge in [-0.3, -0.25) is 0 Å². The monoisotopic (exact) mass is 222 g/mol. The Balaban J connectivity index is 2.67. The lowest BCUT2D eigenvalue weighted by Crippen LogP contribution is -2.31. The van der Waals surface area contributed by atoms with Crippen LogP contribution in [0.5, 0.6) is 0 Å². The van der Waals surface area contributed by atoms with Gasteiger partial charge in [0.25, 0.3) is 0 Å². The number of carbonyl (C=O) groups excluding carboxylic acids is 2. The van der Waals surface area contributed by atoms with Crippen LogP contribution in [0.4, 0.5) is 9.59 Å². The van der Waals surface area contributed by atoms with Crippen molar-refractivity contribution in [3.8, 4) is 0 Å². The summed E-state index contributed by atoms with van der Waals surface area (Å²) in [7, 11) is 0. The SMILES string of the molecule is NC(=O)NCc1ccccc1CNC(N)=O. The molecule has 0 radical (unpaired) electrons. The topological polar surface area (TPSA) is 110 Å². The summed E-state index contributed by atoms with van der Waals surface area (Å²) >= 11 is 0. The first-order chi connectivity index (χ1) is 7.59. The van der Waals surface area contributed by atoms with E-state index < -0.39 is 12.1 Å². The van der Waals surface area contributed by atoms with Gasteiger partial charge in [-0.05, 0) is 11.1 Å². The van der Waals surface area contributed by atoms with Crippen molar-refractivity contribution < 1.29 is 9.59 Å². The van der Waals surface area contributed by atoms with E-state index in [2.05, 4.69) is 10.6 Å². The second-order valence-electron chi connectivity index (χ2n) is 3.20. The molecular formula is C10H14N4O2. The quantitative estimate of drug-likeness (QED) is 0.576. The summed E-state index contributed by atoms with van der Waals surface area (Å²) in [6.07, 6.45) is 0. The normalized spacial score (nSPS) is 9.50. The molecule has 0 aliphatic carbocycles. The summed E-state index contributed by atoms with van der Waals surface area (Å²) in [5, 5.41) is 4.97. The van der Waals surface area contributed by atoms with Crippen molar-refractivity contribution in [2.24, 2.45) is 11.5 Å². The number of benzene rings is 1. The molecule has 0 aliphatic heterocycles. The molecular weight excluding hydrogens is 208 g/mol. The maximum Gasteiger partial charge on any atom is 0.312 e. The zero-order valence-electron chi connectivity index (χ0n) is 8.69. The number of primary amides is 2. The highest BCUT2D eigenvalue weighted by molar-refractivity contribution is 5.72. The first-order valence-electron chi connectivity index (χ1n) is 4.73. The molecule has 0 bridgehead atoms. The van der Waals surface area contributed by atoms with Crippen molar-refractivity contribution in [2.45, 2.75) is 13.1 Å². The summed E-state index contributed by atoms with van der Waals surface area (Å²) in [6, 6.07) is 6.19. The minimum absolute atomic E-state index is 0.325. The van der Waals surface area contributed by atoms with E-state index in [0.29, 0.717) is 13.1 Å². The van der Waals surface area contributed by atoms with Gasteiger partial charge >= 0.3 is 12.1 Å². The van der Waals surface area contributed by atoms with Gasteiger partial charge in [0.2, 0.25) is 0 Å². The Morgan fingerprint density at radius 3 is 1.62 bits per heavy atom. The van der Waals surface area contributed by atoms with Gasteiger partial charge in [0.1, 0.15) is 0 Å². The van der Waals surface area contributed by atoms with Crippen molar-refractivity contribution in [2.75, 3.05) is 0 Å². The van der Waals surface area contributed by atoms with Crippen molar-refractivity contribution in [1.82, 2.24) is 10.6 Å². The molecule has 0 aromatic heterocycles. The molecule has 1 aromatic rings. The van der Waals surface area contributed by atoms with Crippen LogP contribution in [0.25, 0.3) is 0 Å². The Kier molecular flexibility index (Phi) is 4.14. The van der Waals surface area contributed by atoms with Crippen molar-refractivity contribution >= 4 is 12.1 Å². The fraction of sp³-hybridized carbons (Fsp3) is 0.200. The van der Waals surface area contributed by atoms with Gasteiger partial charge < -0.3 is 22.1 Å². The van der Waals surface area contributed by atoms with E-state index >= 15 is 0 Å². The molecule has 0 saturated heterocycles. The fourth-order valence-electron chi connectivity index (χ4n) is 1.27. The van der Waals surface area contributed by atoms with Gasteiger partial charge in [-0.1, -0.05) is 24.3 Å². The molecule has 16 heavy (non-hydrogen) atoms. The van der Waals surface area contributed by atoms with Gasteiger partial charge in [0.05, 0.1) is 0 Å². The molecule has 4 amide bonds. The zero-order chi connectivity index (χ0) is 12.0. The largest absolute Gasteiger partial charge is 0.352 e. The van der Waals surface area contributed by atoms with E-state index in [1.165, 1.54) is 0 Å². The molecule has 0 unspecified atom stereocenters. The van der Waals surface area contributed by atoms with Crippen LogP contribution in [0.2, 0.25) is 0 Å². The summed E-state index contributed by atoms with van der Waals surface area (Å²) in [6.45, 7) is 0.651. The van der Waals surface area contributed by atoms with Crippen molar-refractivity contribution in [3.05, 3.63) is 35.4 Å². The molecule has 86 valence electrons. The number of hydrogen-bond acceptors (Lipinski definition) is 2. The lowest BCUT2D eigenvalue weighted by atomic mass is 10.1. The first kappa shape index (κ1) is 11.8. The number of amides is 4. The highest BCUT2D eigenvalue weighted by atomic mass is 16.2. The predicted molar refractivity (Wildman–Crippen MR) is 59.3 cm³/mol. The average molecular weight is 222 g/mol. The van der Waals surface area contributed by atoms with Gasteiger partial charge in [0.15, 0.2) is 0 Å². The molecule has 0 aliphatic rings. The van der Waals surface area contributed by atoms with Crippen LogP contribution in [0.15, 0.2) is 24.3 Å². The maximum absolute atomic E-state index is 10.6. The van der Waals surface area contributed by atoms with E-state index in [9.17, 15) is 9.59 Å². The smallest absolute Gasteiger partial charge is 0.312 e. The highest BCUT2D eigenvalue weighted by Crippen LogP contribution is 2.07. The van der Waals surface area contributed by atoms with E-state index in [-0.39, 0.29) is 0 Å². The van der Waals surface area contributed by atoms with Crippen LogP contribution >= 0.6 is 0 Å². The molecule has 0 fully saturated rings. The maximum atomic E-state index is 10.6. The van der Waals surface area contributed by atoms with Crippen LogP contribution in [-0.2, 0) is 13.1 Å². The predicted octanol–water partition coefficient (Wildman–Crippen LogP) is 0.0232. The Morgan fingerprint density at radius 1 is 0.938 bits per heavy atom. The molecule has 6 heteroatoms. The van der Waals surface area contributed by atoms with Crippen LogP contribution in [0, 0.1) is 0 Å². The van der Waals surface area contributed by atoms with Gasteiger partial charge in [0, 0.05) is 13.1 Å². The summed E-state index contributed by atoms with van der Waals surface area (Å²) in [4.78, 5) is 21.1. The average Bonchev–Trinajstić information content (AvgIpc) is 2.24. The molecule has 0 saturated carbocycles. The molecule has 0 spiro atoms. The zero-order valence-corrected chi connectivity index (χ0v) is 8.69. The molecule has 0 atom stereocenters. The van der Waals surface area contributed by atoms with Crippen LogP contribution < -0.4 is 22.1 Å². The van der Waals surface area contributed by atoms with E-state index in [4.69, 9.17) is 11.5 Å². The minimum Gasteiger partial charge on any atom is -0.352 e. The summed E-state index contributed by atoms with van der Waals surface area (Å²) < 4.78 is 0. The minimum atomic E-state index is -0.585. The van der Waals surface area contributed by atoms with Gasteiger partial charge in [-0.25, -0.2) is 9.59 Å².